The van der Waals surface area contributed by atoms with Crippen molar-refractivity contribution in [3.05, 3.63) is 48.6 Å². The van der Waals surface area contributed by atoms with Crippen LogP contribution in [-0.4, -0.2) is 50.5 Å². The monoisotopic (exact) mass is 382 g/mol. The number of alkyl halides is 1. The molecule has 1 aromatic carbocycles. The molecule has 0 saturated carbocycles. The minimum Gasteiger partial charge on any atom is -0.467 e. The molecule has 27 heavy (non-hydrogen) atoms. The standard InChI is InChI=1S/C19H23FO7/c1-4-10-24-19(22)27-16-14(25-11-13-8-6-5-7-9-13)12(2)15(18(21)23-3)26-17(16)20/h4-9,12,14-17H,1,10-11H2,2-3H3/t12?,14-,15?,16?,17+/m0/s1. The van der Waals surface area contributed by atoms with Crippen LogP contribution >= 0.6 is 0 Å². The van der Waals surface area contributed by atoms with Crippen molar-refractivity contribution in [1.29, 1.82) is 0 Å². The first-order chi connectivity index (χ1) is 13.0. The molecule has 3 unspecified atom stereocenters. The molecule has 148 valence electrons. The molecule has 0 spiro atoms. The van der Waals surface area contributed by atoms with Crippen LogP contribution < -0.4 is 0 Å². The average Bonchev–Trinajstić information content (AvgIpc) is 2.68. The van der Waals surface area contributed by atoms with Crippen LogP contribution in [-0.2, 0) is 35.1 Å². The topological polar surface area (TPSA) is 80.3 Å². The average molecular weight is 382 g/mol. The van der Waals surface area contributed by atoms with Gasteiger partial charge in [0.15, 0.2) is 12.2 Å². The lowest BCUT2D eigenvalue weighted by atomic mass is 9.90. The number of rotatable bonds is 7. The molecular weight excluding hydrogens is 359 g/mol. The molecule has 0 N–H and O–H groups in total. The molecule has 7 nitrogen and oxygen atoms in total. The first-order valence-electron chi connectivity index (χ1n) is 8.45. The highest BCUT2D eigenvalue weighted by molar-refractivity contribution is 5.75. The number of ether oxygens (including phenoxy) is 5. The summed E-state index contributed by atoms with van der Waals surface area (Å²) in [4.78, 5) is 23.7. The number of carbonyl (C=O) groups is 2. The number of hydrogen-bond acceptors (Lipinski definition) is 7. The predicted molar refractivity (Wildman–Crippen MR) is 92.4 cm³/mol. The molecule has 0 aromatic heterocycles. The highest BCUT2D eigenvalue weighted by Gasteiger charge is 2.50. The summed E-state index contributed by atoms with van der Waals surface area (Å²) in [5.41, 5.74) is 0.842. The van der Waals surface area contributed by atoms with Crippen LogP contribution in [0.3, 0.4) is 0 Å². The van der Waals surface area contributed by atoms with E-state index in [1.807, 2.05) is 30.3 Å². The van der Waals surface area contributed by atoms with Crippen LogP contribution in [0.25, 0.3) is 0 Å². The van der Waals surface area contributed by atoms with E-state index in [2.05, 4.69) is 11.3 Å². The second kappa shape index (κ2) is 10.0. The van der Waals surface area contributed by atoms with Gasteiger partial charge in [-0.2, -0.15) is 0 Å². The van der Waals surface area contributed by atoms with Crippen LogP contribution in [0.4, 0.5) is 9.18 Å². The zero-order chi connectivity index (χ0) is 19.8. The first kappa shape index (κ1) is 20.9. The second-order valence-electron chi connectivity index (χ2n) is 5.98. The van der Waals surface area contributed by atoms with Gasteiger partial charge in [0, 0.05) is 5.92 Å². The predicted octanol–water partition coefficient (Wildman–Crippen LogP) is 2.78. The molecule has 1 heterocycles. The van der Waals surface area contributed by atoms with Gasteiger partial charge >= 0.3 is 12.1 Å². The van der Waals surface area contributed by atoms with Gasteiger partial charge in [0.2, 0.25) is 6.36 Å². The van der Waals surface area contributed by atoms with Gasteiger partial charge in [-0.1, -0.05) is 49.9 Å². The Morgan fingerprint density at radius 1 is 1.26 bits per heavy atom. The molecule has 0 radical (unpaired) electrons. The molecular formula is C19H23FO7. The molecule has 1 aliphatic rings. The first-order valence-corrected chi connectivity index (χ1v) is 8.45. The Morgan fingerprint density at radius 2 is 1.96 bits per heavy atom. The smallest absolute Gasteiger partial charge is 0.467 e. The van der Waals surface area contributed by atoms with Gasteiger partial charge in [0.05, 0.1) is 13.7 Å². The third-order valence-electron chi connectivity index (χ3n) is 4.12. The zero-order valence-electron chi connectivity index (χ0n) is 15.2. The van der Waals surface area contributed by atoms with Crippen molar-refractivity contribution in [3.63, 3.8) is 0 Å². The summed E-state index contributed by atoms with van der Waals surface area (Å²) in [6.45, 7) is 5.10. The SMILES string of the molecule is C=CCOC(=O)OC1[C@@H](OCc2ccccc2)C(C)C(C(=O)OC)O[C@H]1F. The van der Waals surface area contributed by atoms with E-state index in [0.717, 1.165) is 5.56 Å². The van der Waals surface area contributed by atoms with Crippen LogP contribution in [0.5, 0.6) is 0 Å². The van der Waals surface area contributed by atoms with Crippen molar-refractivity contribution in [2.45, 2.75) is 38.2 Å². The van der Waals surface area contributed by atoms with Gasteiger partial charge in [-0.15, -0.1) is 0 Å². The quantitative estimate of drug-likeness (QED) is 0.530. The molecule has 0 amide bonds. The molecule has 1 aliphatic heterocycles. The lowest BCUT2D eigenvalue weighted by Crippen LogP contribution is -2.57. The van der Waals surface area contributed by atoms with Gasteiger partial charge in [-0.05, 0) is 5.56 Å². The molecule has 5 atom stereocenters. The maximum atomic E-state index is 14.6. The summed E-state index contributed by atoms with van der Waals surface area (Å²) in [5, 5.41) is 0. The molecule has 2 rings (SSSR count). The van der Waals surface area contributed by atoms with Crippen molar-refractivity contribution in [2.24, 2.45) is 5.92 Å². The van der Waals surface area contributed by atoms with E-state index >= 15 is 0 Å². The zero-order valence-corrected chi connectivity index (χ0v) is 15.2. The van der Waals surface area contributed by atoms with Gasteiger partial charge in [0.25, 0.3) is 0 Å². The Hall–Kier alpha value is -2.45. The summed E-state index contributed by atoms with van der Waals surface area (Å²) in [7, 11) is 1.18. The number of methoxy groups -OCH3 is 1. The van der Waals surface area contributed by atoms with Gasteiger partial charge in [0.1, 0.15) is 12.7 Å². The Kier molecular flexibility index (Phi) is 7.75. The maximum Gasteiger partial charge on any atom is 0.509 e. The third-order valence-corrected chi connectivity index (χ3v) is 4.12. The second-order valence-corrected chi connectivity index (χ2v) is 5.98. The van der Waals surface area contributed by atoms with E-state index in [1.165, 1.54) is 13.2 Å². The van der Waals surface area contributed by atoms with Crippen LogP contribution in [0.15, 0.2) is 43.0 Å². The maximum absolute atomic E-state index is 14.6. The van der Waals surface area contributed by atoms with Gasteiger partial charge in [-0.25, -0.2) is 14.0 Å². The molecule has 1 saturated heterocycles. The highest BCUT2D eigenvalue weighted by Crippen LogP contribution is 2.32. The van der Waals surface area contributed by atoms with E-state index in [1.54, 1.807) is 6.92 Å². The Labute approximate surface area is 157 Å². The summed E-state index contributed by atoms with van der Waals surface area (Å²) in [6.07, 6.45) is -5.35. The van der Waals surface area contributed by atoms with E-state index in [0.29, 0.717) is 0 Å². The number of carbonyl (C=O) groups excluding carboxylic acids is 2. The molecule has 8 heteroatoms. The van der Waals surface area contributed by atoms with E-state index in [-0.39, 0.29) is 13.2 Å². The lowest BCUT2D eigenvalue weighted by molar-refractivity contribution is -0.254. The highest BCUT2D eigenvalue weighted by atomic mass is 19.1. The largest absolute Gasteiger partial charge is 0.509 e. The van der Waals surface area contributed by atoms with Crippen molar-refractivity contribution >= 4 is 12.1 Å². The fourth-order valence-corrected chi connectivity index (χ4v) is 2.75. The Balaban J connectivity index is 2.15. The van der Waals surface area contributed by atoms with Crippen LogP contribution in [0.2, 0.25) is 0 Å². The normalized spacial score (nSPS) is 27.4. The fourth-order valence-electron chi connectivity index (χ4n) is 2.75. The van der Waals surface area contributed by atoms with Crippen molar-refractivity contribution in [3.8, 4) is 0 Å². The Morgan fingerprint density at radius 3 is 2.59 bits per heavy atom. The van der Waals surface area contributed by atoms with Crippen LogP contribution in [0.1, 0.15) is 12.5 Å². The van der Waals surface area contributed by atoms with E-state index < -0.39 is 42.7 Å². The molecule has 1 aromatic rings. The summed E-state index contributed by atoms with van der Waals surface area (Å²) in [6, 6.07) is 9.20. The summed E-state index contributed by atoms with van der Waals surface area (Å²) < 4.78 is 39.9. The minimum absolute atomic E-state index is 0.0841. The number of esters is 1. The van der Waals surface area contributed by atoms with Crippen molar-refractivity contribution < 1.29 is 37.7 Å². The molecule has 0 aliphatic carbocycles. The minimum atomic E-state index is -2.08. The van der Waals surface area contributed by atoms with Crippen molar-refractivity contribution in [1.82, 2.24) is 0 Å². The number of benzene rings is 1. The van der Waals surface area contributed by atoms with E-state index in [9.17, 15) is 14.0 Å². The lowest BCUT2D eigenvalue weighted by Gasteiger charge is -2.40. The third kappa shape index (κ3) is 5.51. The Bertz CT molecular complexity index is 636. The fraction of sp³-hybridized carbons (Fsp3) is 0.474. The number of halogens is 1. The van der Waals surface area contributed by atoms with Crippen molar-refractivity contribution in [2.75, 3.05) is 13.7 Å². The summed E-state index contributed by atoms with van der Waals surface area (Å²) >= 11 is 0. The van der Waals surface area contributed by atoms with Crippen LogP contribution in [0, 0.1) is 5.92 Å². The van der Waals surface area contributed by atoms with E-state index in [4.69, 9.17) is 18.9 Å². The van der Waals surface area contributed by atoms with Gasteiger partial charge < -0.3 is 23.7 Å². The van der Waals surface area contributed by atoms with Gasteiger partial charge in [-0.3, -0.25) is 0 Å². The summed E-state index contributed by atoms with van der Waals surface area (Å²) in [5.74, 6) is -1.36. The molecule has 0 bridgehead atoms. The number of hydrogen-bond donors (Lipinski definition) is 0. The molecule has 1 fully saturated rings.